The van der Waals surface area contributed by atoms with E-state index in [1.807, 2.05) is 19.9 Å². The van der Waals surface area contributed by atoms with Gasteiger partial charge in [-0.3, -0.25) is 4.68 Å². The molecule has 0 saturated heterocycles. The number of aromatic nitrogens is 2. The maximum atomic E-state index is 10.9. The average molecular weight is 271 g/mol. The van der Waals surface area contributed by atoms with Crippen LogP contribution in [0.25, 0.3) is 0 Å². The lowest BCUT2D eigenvalue weighted by atomic mass is 10.1. The second-order valence-electron chi connectivity index (χ2n) is 4.48. The van der Waals surface area contributed by atoms with E-state index < -0.39 is 5.97 Å². The van der Waals surface area contributed by atoms with E-state index in [2.05, 4.69) is 5.10 Å². The van der Waals surface area contributed by atoms with Crippen molar-refractivity contribution in [3.8, 4) is 17.6 Å². The van der Waals surface area contributed by atoms with E-state index in [-0.39, 0.29) is 17.2 Å². The van der Waals surface area contributed by atoms with Crippen LogP contribution in [0, 0.1) is 11.3 Å². The van der Waals surface area contributed by atoms with Crippen molar-refractivity contribution in [1.82, 2.24) is 9.78 Å². The Balaban J connectivity index is 2.29. The van der Waals surface area contributed by atoms with Gasteiger partial charge in [-0.1, -0.05) is 0 Å². The lowest BCUT2D eigenvalue weighted by molar-refractivity contribution is 0.0697. The molecule has 0 atom stereocenters. The second kappa shape index (κ2) is 5.45. The fraction of sp³-hybridized carbons (Fsp3) is 0.214. The summed E-state index contributed by atoms with van der Waals surface area (Å²) < 4.78 is 7.30. The molecule has 102 valence electrons. The number of nitrogens with zero attached hydrogens (tertiary/aromatic N) is 3. The quantitative estimate of drug-likeness (QED) is 0.923. The molecule has 1 heterocycles. The molecule has 0 amide bonds. The summed E-state index contributed by atoms with van der Waals surface area (Å²) in [6.07, 6.45) is 3.27. The van der Waals surface area contributed by atoms with Crippen LogP contribution in [0.3, 0.4) is 0 Å². The van der Waals surface area contributed by atoms with E-state index in [1.54, 1.807) is 17.1 Å². The van der Waals surface area contributed by atoms with Crippen molar-refractivity contribution in [3.05, 3.63) is 41.7 Å². The van der Waals surface area contributed by atoms with Crippen LogP contribution in [0.2, 0.25) is 0 Å². The van der Waals surface area contributed by atoms with Crippen LogP contribution in [0.1, 0.15) is 35.8 Å². The van der Waals surface area contributed by atoms with Gasteiger partial charge in [0.15, 0.2) is 5.75 Å². The van der Waals surface area contributed by atoms with Crippen molar-refractivity contribution < 1.29 is 14.6 Å². The van der Waals surface area contributed by atoms with Gasteiger partial charge in [-0.25, -0.2) is 4.79 Å². The molecule has 20 heavy (non-hydrogen) atoms. The Hall–Kier alpha value is -2.81. The Morgan fingerprint density at radius 2 is 2.25 bits per heavy atom. The highest BCUT2D eigenvalue weighted by Gasteiger charge is 2.11. The first-order chi connectivity index (χ1) is 9.51. The molecule has 6 heteroatoms. The van der Waals surface area contributed by atoms with Gasteiger partial charge in [0.05, 0.1) is 23.5 Å². The molecule has 0 fully saturated rings. The molecule has 0 radical (unpaired) electrons. The first-order valence-corrected chi connectivity index (χ1v) is 6.00. The van der Waals surface area contributed by atoms with Gasteiger partial charge < -0.3 is 9.84 Å². The molecule has 2 aromatic rings. The highest BCUT2D eigenvalue weighted by Crippen LogP contribution is 2.26. The summed E-state index contributed by atoms with van der Waals surface area (Å²) in [5, 5.41) is 22.1. The molecule has 0 bridgehead atoms. The van der Waals surface area contributed by atoms with Crippen LogP contribution >= 0.6 is 0 Å². The third-order valence-electron chi connectivity index (χ3n) is 2.68. The van der Waals surface area contributed by atoms with Crippen molar-refractivity contribution in [2.24, 2.45) is 0 Å². The Kier molecular flexibility index (Phi) is 3.71. The number of carboxylic acids is 1. The average Bonchev–Trinajstić information content (AvgIpc) is 2.87. The van der Waals surface area contributed by atoms with Gasteiger partial charge in [0.1, 0.15) is 11.8 Å². The molecule has 2 rings (SSSR count). The molecule has 0 spiro atoms. The number of benzene rings is 1. The summed E-state index contributed by atoms with van der Waals surface area (Å²) in [5.74, 6) is -0.278. The minimum absolute atomic E-state index is 0.0479. The number of carbonyl (C=O) groups is 1. The standard InChI is InChI=1S/C14H13N3O3/c1-9(2)17-8-12(7-16-17)20-13-4-3-10(14(18)19)5-11(13)6-15/h3-5,7-9H,1-2H3,(H,18,19). The minimum Gasteiger partial charge on any atom is -0.478 e. The van der Waals surface area contributed by atoms with Gasteiger partial charge in [0, 0.05) is 6.04 Å². The number of carboxylic acid groups (broad SMARTS) is 1. The number of ether oxygens (including phenoxy) is 1. The van der Waals surface area contributed by atoms with E-state index in [9.17, 15) is 4.79 Å². The van der Waals surface area contributed by atoms with Crippen molar-refractivity contribution in [1.29, 1.82) is 5.26 Å². The van der Waals surface area contributed by atoms with E-state index in [1.165, 1.54) is 18.2 Å². The first kappa shape index (κ1) is 13.6. The summed E-state index contributed by atoms with van der Waals surface area (Å²) in [6.45, 7) is 3.97. The SMILES string of the molecule is CC(C)n1cc(Oc2ccc(C(=O)O)cc2C#N)cn1. The molecule has 6 nitrogen and oxygen atoms in total. The molecule has 1 N–H and O–H groups in total. The third-order valence-corrected chi connectivity index (χ3v) is 2.68. The zero-order valence-electron chi connectivity index (χ0n) is 11.1. The molecule has 0 saturated carbocycles. The van der Waals surface area contributed by atoms with Gasteiger partial charge in [-0.15, -0.1) is 0 Å². The number of nitriles is 1. The first-order valence-electron chi connectivity index (χ1n) is 6.00. The molecule has 0 aliphatic heterocycles. The Morgan fingerprint density at radius 1 is 1.50 bits per heavy atom. The van der Waals surface area contributed by atoms with Crippen LogP contribution < -0.4 is 4.74 Å². The van der Waals surface area contributed by atoms with E-state index in [0.29, 0.717) is 11.5 Å². The monoisotopic (exact) mass is 271 g/mol. The van der Waals surface area contributed by atoms with Crippen LogP contribution in [-0.4, -0.2) is 20.9 Å². The lowest BCUT2D eigenvalue weighted by Gasteiger charge is -2.06. The number of aromatic carboxylic acids is 1. The Morgan fingerprint density at radius 3 is 2.80 bits per heavy atom. The summed E-state index contributed by atoms with van der Waals surface area (Å²) in [6, 6.07) is 6.27. The van der Waals surface area contributed by atoms with Gasteiger partial charge in [0.2, 0.25) is 0 Å². The molecule has 0 aliphatic carbocycles. The lowest BCUT2D eigenvalue weighted by Crippen LogP contribution is -2.00. The van der Waals surface area contributed by atoms with Gasteiger partial charge in [-0.2, -0.15) is 10.4 Å². The van der Waals surface area contributed by atoms with Gasteiger partial charge >= 0.3 is 5.97 Å². The van der Waals surface area contributed by atoms with Crippen LogP contribution in [0.15, 0.2) is 30.6 Å². The highest BCUT2D eigenvalue weighted by atomic mass is 16.5. The highest BCUT2D eigenvalue weighted by molar-refractivity contribution is 5.88. The zero-order valence-corrected chi connectivity index (χ0v) is 11.1. The molecule has 0 aliphatic rings. The van der Waals surface area contributed by atoms with Crippen molar-refractivity contribution in [3.63, 3.8) is 0 Å². The normalized spacial score (nSPS) is 10.3. The van der Waals surface area contributed by atoms with Crippen molar-refractivity contribution in [2.75, 3.05) is 0 Å². The number of rotatable bonds is 4. The number of hydrogen-bond acceptors (Lipinski definition) is 4. The largest absolute Gasteiger partial charge is 0.478 e. The fourth-order valence-electron chi connectivity index (χ4n) is 1.62. The van der Waals surface area contributed by atoms with Gasteiger partial charge in [-0.05, 0) is 32.0 Å². The van der Waals surface area contributed by atoms with Crippen LogP contribution in [-0.2, 0) is 0 Å². The maximum absolute atomic E-state index is 10.9. The molecular formula is C14H13N3O3. The maximum Gasteiger partial charge on any atom is 0.335 e. The van der Waals surface area contributed by atoms with Crippen LogP contribution in [0.4, 0.5) is 0 Å². The molecule has 1 aromatic carbocycles. The summed E-state index contributed by atoms with van der Waals surface area (Å²) in [5.41, 5.74) is 0.217. The molecular weight excluding hydrogens is 258 g/mol. The Bertz CT molecular complexity index is 683. The summed E-state index contributed by atoms with van der Waals surface area (Å²) >= 11 is 0. The van der Waals surface area contributed by atoms with Crippen molar-refractivity contribution >= 4 is 5.97 Å². The second-order valence-corrected chi connectivity index (χ2v) is 4.48. The van der Waals surface area contributed by atoms with Crippen molar-refractivity contribution in [2.45, 2.75) is 19.9 Å². The fourth-order valence-corrected chi connectivity index (χ4v) is 1.62. The predicted octanol–water partition coefficient (Wildman–Crippen LogP) is 2.83. The van der Waals surface area contributed by atoms with Crippen LogP contribution in [0.5, 0.6) is 11.5 Å². The van der Waals surface area contributed by atoms with Gasteiger partial charge in [0.25, 0.3) is 0 Å². The zero-order chi connectivity index (χ0) is 14.7. The summed E-state index contributed by atoms with van der Waals surface area (Å²) in [7, 11) is 0. The number of hydrogen-bond donors (Lipinski definition) is 1. The Labute approximate surface area is 115 Å². The topological polar surface area (TPSA) is 88.1 Å². The molecule has 1 aromatic heterocycles. The summed E-state index contributed by atoms with van der Waals surface area (Å²) in [4.78, 5) is 10.9. The molecule has 0 unspecified atom stereocenters. The minimum atomic E-state index is -1.08. The van der Waals surface area contributed by atoms with E-state index in [0.717, 1.165) is 0 Å². The van der Waals surface area contributed by atoms with E-state index >= 15 is 0 Å². The predicted molar refractivity (Wildman–Crippen MR) is 70.8 cm³/mol. The third kappa shape index (κ3) is 2.78. The van der Waals surface area contributed by atoms with E-state index in [4.69, 9.17) is 15.1 Å². The smallest absolute Gasteiger partial charge is 0.335 e.